The Morgan fingerprint density at radius 2 is 1.93 bits per heavy atom. The first-order valence-corrected chi connectivity index (χ1v) is 6.82. The average Bonchev–Trinajstić information content (AvgIpc) is 2.15. The van der Waals surface area contributed by atoms with E-state index < -0.39 is 25.6 Å². The van der Waals surface area contributed by atoms with Gasteiger partial charge in [-0.15, -0.1) is 0 Å². The SMILES string of the molecule is CS(=O)(=O)[C@@H](Br)C(=O)c1ccccc1F. The van der Waals surface area contributed by atoms with Crippen molar-refractivity contribution in [1.29, 1.82) is 0 Å². The largest absolute Gasteiger partial charge is 0.292 e. The normalized spacial score (nSPS) is 13.5. The summed E-state index contributed by atoms with van der Waals surface area (Å²) in [5, 5.41) is 0. The zero-order valence-corrected chi connectivity index (χ0v) is 10.2. The second kappa shape index (κ2) is 4.40. The molecule has 1 atom stereocenters. The lowest BCUT2D eigenvalue weighted by Crippen LogP contribution is -2.24. The number of halogens is 2. The number of carbonyl (C=O) groups is 1. The van der Waals surface area contributed by atoms with Crippen molar-refractivity contribution in [3.63, 3.8) is 0 Å². The molecule has 0 saturated carbocycles. The molecule has 6 heteroatoms. The maximum absolute atomic E-state index is 13.2. The summed E-state index contributed by atoms with van der Waals surface area (Å²) in [6.07, 6.45) is 0.908. The molecule has 1 aromatic carbocycles. The van der Waals surface area contributed by atoms with E-state index in [0.717, 1.165) is 12.3 Å². The third-order valence-electron chi connectivity index (χ3n) is 1.72. The minimum atomic E-state index is -3.57. The number of alkyl halides is 1. The highest BCUT2D eigenvalue weighted by Gasteiger charge is 2.28. The zero-order chi connectivity index (χ0) is 11.6. The van der Waals surface area contributed by atoms with E-state index >= 15 is 0 Å². The van der Waals surface area contributed by atoms with Gasteiger partial charge in [-0.25, -0.2) is 12.8 Å². The van der Waals surface area contributed by atoms with E-state index in [0.29, 0.717) is 0 Å². The molecule has 3 nitrogen and oxygen atoms in total. The predicted molar refractivity (Wildman–Crippen MR) is 58.3 cm³/mol. The molecule has 0 radical (unpaired) electrons. The first kappa shape index (κ1) is 12.3. The van der Waals surface area contributed by atoms with Crippen LogP contribution in [0.15, 0.2) is 24.3 Å². The number of ketones is 1. The number of benzene rings is 1. The Kier molecular flexibility index (Phi) is 3.62. The van der Waals surface area contributed by atoms with Crippen LogP contribution < -0.4 is 0 Å². The van der Waals surface area contributed by atoms with Gasteiger partial charge in [0.15, 0.2) is 19.8 Å². The number of hydrogen-bond donors (Lipinski definition) is 0. The summed E-state index contributed by atoms with van der Waals surface area (Å²) in [4.78, 5) is 11.5. The first-order valence-electron chi connectivity index (χ1n) is 3.95. The van der Waals surface area contributed by atoms with Gasteiger partial charge < -0.3 is 0 Å². The molecule has 0 aromatic heterocycles. The Morgan fingerprint density at radius 3 is 2.40 bits per heavy atom. The maximum atomic E-state index is 13.2. The Hall–Kier alpha value is -0.750. The van der Waals surface area contributed by atoms with Crippen LogP contribution in [0.3, 0.4) is 0 Å². The Labute approximate surface area is 95.3 Å². The molecule has 0 aliphatic carbocycles. The summed E-state index contributed by atoms with van der Waals surface area (Å²) in [7, 11) is -3.57. The monoisotopic (exact) mass is 294 g/mol. The third-order valence-corrected chi connectivity index (χ3v) is 5.14. The molecule has 15 heavy (non-hydrogen) atoms. The van der Waals surface area contributed by atoms with Crippen molar-refractivity contribution < 1.29 is 17.6 Å². The summed E-state index contributed by atoms with van der Waals surface area (Å²) in [6, 6.07) is 5.25. The highest BCUT2D eigenvalue weighted by Crippen LogP contribution is 2.17. The van der Waals surface area contributed by atoms with Crippen LogP contribution in [0, 0.1) is 5.82 Å². The fourth-order valence-electron chi connectivity index (χ4n) is 0.978. The molecule has 82 valence electrons. The fraction of sp³-hybridized carbons (Fsp3) is 0.222. The van der Waals surface area contributed by atoms with Gasteiger partial charge in [0, 0.05) is 6.26 Å². The third kappa shape index (κ3) is 2.85. The highest BCUT2D eigenvalue weighted by molar-refractivity contribution is 9.11. The van der Waals surface area contributed by atoms with Crippen molar-refractivity contribution in [3.05, 3.63) is 35.6 Å². The van der Waals surface area contributed by atoms with Crippen molar-refractivity contribution in [2.75, 3.05) is 6.26 Å². The van der Waals surface area contributed by atoms with Crippen molar-refractivity contribution in [2.24, 2.45) is 0 Å². The van der Waals surface area contributed by atoms with Crippen molar-refractivity contribution in [3.8, 4) is 0 Å². The Morgan fingerprint density at radius 1 is 1.40 bits per heavy atom. The zero-order valence-electron chi connectivity index (χ0n) is 7.78. The first-order chi connectivity index (χ1) is 6.84. The van der Waals surface area contributed by atoms with Gasteiger partial charge in [-0.2, -0.15) is 0 Å². The van der Waals surface area contributed by atoms with E-state index in [2.05, 4.69) is 15.9 Å². The van der Waals surface area contributed by atoms with Crippen LogP contribution in [0.25, 0.3) is 0 Å². The number of Topliss-reactive ketones (excluding diaryl/α,β-unsaturated/α-hetero) is 1. The molecule has 0 bridgehead atoms. The van der Waals surface area contributed by atoms with E-state index in [1.54, 1.807) is 0 Å². The van der Waals surface area contributed by atoms with E-state index in [4.69, 9.17) is 0 Å². The lowest BCUT2D eigenvalue weighted by Gasteiger charge is -2.06. The second-order valence-corrected chi connectivity index (χ2v) is 6.64. The minimum Gasteiger partial charge on any atom is -0.292 e. The summed E-state index contributed by atoms with van der Waals surface area (Å²) in [5.41, 5.74) is -0.232. The van der Waals surface area contributed by atoms with Crippen LogP contribution in [0.2, 0.25) is 0 Å². The summed E-state index contributed by atoms with van der Waals surface area (Å²) in [5.74, 6) is -1.52. The molecule has 0 amide bonds. The lowest BCUT2D eigenvalue weighted by molar-refractivity contribution is 0.101. The molecule has 0 aliphatic heterocycles. The van der Waals surface area contributed by atoms with Gasteiger partial charge in [0.1, 0.15) is 5.82 Å². The van der Waals surface area contributed by atoms with E-state index in [1.165, 1.54) is 18.2 Å². The van der Waals surface area contributed by atoms with Gasteiger partial charge in [0.25, 0.3) is 0 Å². The van der Waals surface area contributed by atoms with Crippen molar-refractivity contribution >= 4 is 31.6 Å². The van der Waals surface area contributed by atoms with Crippen LogP contribution in [0.5, 0.6) is 0 Å². The molecule has 0 saturated heterocycles. The smallest absolute Gasteiger partial charge is 0.194 e. The molecule has 0 unspecified atom stereocenters. The van der Waals surface area contributed by atoms with Gasteiger partial charge in [-0.05, 0) is 12.1 Å². The molecule has 0 heterocycles. The lowest BCUT2D eigenvalue weighted by atomic mass is 10.1. The standard InChI is InChI=1S/C9H8BrFO3S/c1-15(13,14)9(10)8(12)6-4-2-3-5-7(6)11/h2-5,9H,1H3/t9-/m1/s1. The van der Waals surface area contributed by atoms with E-state index in [9.17, 15) is 17.6 Å². The van der Waals surface area contributed by atoms with E-state index in [-0.39, 0.29) is 5.56 Å². The number of carbonyl (C=O) groups excluding carboxylic acids is 1. The fourth-order valence-corrected chi connectivity index (χ4v) is 1.74. The molecule has 1 rings (SSSR count). The van der Waals surface area contributed by atoms with Crippen molar-refractivity contribution in [1.82, 2.24) is 0 Å². The summed E-state index contributed by atoms with van der Waals surface area (Å²) in [6.45, 7) is 0. The van der Waals surface area contributed by atoms with E-state index in [1.807, 2.05) is 0 Å². The Bertz CT molecular complexity index is 484. The van der Waals surface area contributed by atoms with Crippen LogP contribution in [-0.4, -0.2) is 24.6 Å². The number of sulfone groups is 1. The molecule has 0 spiro atoms. The molecule has 0 fully saturated rings. The number of rotatable bonds is 3. The van der Waals surface area contributed by atoms with Gasteiger partial charge in [-0.1, -0.05) is 28.1 Å². The van der Waals surface area contributed by atoms with Gasteiger partial charge in [0.05, 0.1) is 5.56 Å². The summed E-state index contributed by atoms with van der Waals surface area (Å²) < 4.78 is 33.9. The quantitative estimate of drug-likeness (QED) is 0.631. The van der Waals surface area contributed by atoms with Crippen LogP contribution in [0.4, 0.5) is 4.39 Å². The molecule has 0 N–H and O–H groups in total. The van der Waals surface area contributed by atoms with Crippen LogP contribution in [-0.2, 0) is 9.84 Å². The van der Waals surface area contributed by atoms with Crippen LogP contribution >= 0.6 is 15.9 Å². The second-order valence-electron chi connectivity index (χ2n) is 2.99. The van der Waals surface area contributed by atoms with Gasteiger partial charge in [0.2, 0.25) is 0 Å². The topological polar surface area (TPSA) is 51.2 Å². The molecule has 1 aromatic rings. The number of hydrogen-bond acceptors (Lipinski definition) is 3. The maximum Gasteiger partial charge on any atom is 0.194 e. The molecule has 0 aliphatic rings. The summed E-state index contributed by atoms with van der Waals surface area (Å²) >= 11 is 2.73. The molecular formula is C9H8BrFO3S. The van der Waals surface area contributed by atoms with Crippen molar-refractivity contribution in [2.45, 2.75) is 4.16 Å². The van der Waals surface area contributed by atoms with Gasteiger partial charge >= 0.3 is 0 Å². The average molecular weight is 295 g/mol. The van der Waals surface area contributed by atoms with Gasteiger partial charge in [-0.3, -0.25) is 4.79 Å². The Balaban J connectivity index is 3.12. The minimum absolute atomic E-state index is 0.232. The molecular weight excluding hydrogens is 287 g/mol. The highest BCUT2D eigenvalue weighted by atomic mass is 79.9. The predicted octanol–water partition coefficient (Wildman–Crippen LogP) is 1.77. The van der Waals surface area contributed by atoms with Crippen LogP contribution in [0.1, 0.15) is 10.4 Å².